The Bertz CT molecular complexity index is 597. The van der Waals surface area contributed by atoms with E-state index in [9.17, 15) is 0 Å². The van der Waals surface area contributed by atoms with Gasteiger partial charge in [-0.25, -0.2) is 9.97 Å². The molecule has 0 unspecified atom stereocenters. The van der Waals surface area contributed by atoms with Gasteiger partial charge in [-0.05, 0) is 31.5 Å². The molecule has 2 nitrogen and oxygen atoms in total. The van der Waals surface area contributed by atoms with Crippen molar-refractivity contribution in [2.45, 2.75) is 20.3 Å². The second-order valence-electron chi connectivity index (χ2n) is 3.89. The molecular weight excluding hydrogens is 291 g/mol. The van der Waals surface area contributed by atoms with Gasteiger partial charge in [0.25, 0.3) is 0 Å². The third-order valence-electron chi connectivity index (χ3n) is 2.69. The van der Waals surface area contributed by atoms with Crippen LogP contribution in [0.15, 0.2) is 18.2 Å². The molecule has 0 aliphatic rings. The molecule has 0 aliphatic heterocycles. The first-order chi connectivity index (χ1) is 8.52. The molecule has 0 aliphatic carbocycles. The van der Waals surface area contributed by atoms with E-state index in [1.165, 1.54) is 0 Å². The number of hydrogen-bond acceptors (Lipinski definition) is 2. The second-order valence-corrected chi connectivity index (χ2v) is 5.09. The van der Waals surface area contributed by atoms with Crippen LogP contribution in [0.5, 0.6) is 0 Å². The summed E-state index contributed by atoms with van der Waals surface area (Å²) in [6.45, 7) is 3.94. The molecule has 0 spiro atoms. The molecule has 94 valence electrons. The zero-order valence-electron chi connectivity index (χ0n) is 9.97. The van der Waals surface area contributed by atoms with Crippen LogP contribution in [-0.4, -0.2) is 9.97 Å². The minimum Gasteiger partial charge on any atom is -0.233 e. The molecule has 0 N–H and O–H groups in total. The Balaban J connectivity index is 2.60. The number of hydrogen-bond donors (Lipinski definition) is 0. The topological polar surface area (TPSA) is 25.8 Å². The van der Waals surface area contributed by atoms with Crippen LogP contribution in [0.2, 0.25) is 15.2 Å². The first kappa shape index (κ1) is 13.6. The lowest BCUT2D eigenvalue weighted by atomic mass is 10.1. The van der Waals surface area contributed by atoms with Crippen molar-refractivity contribution in [1.82, 2.24) is 9.97 Å². The Labute approximate surface area is 121 Å². The fraction of sp³-hybridized carbons (Fsp3) is 0.231. The largest absolute Gasteiger partial charge is 0.233 e. The third kappa shape index (κ3) is 2.61. The van der Waals surface area contributed by atoms with Crippen LogP contribution in [0, 0.1) is 6.92 Å². The minimum atomic E-state index is 0.461. The molecule has 0 bridgehead atoms. The number of benzene rings is 1. The van der Waals surface area contributed by atoms with Crippen molar-refractivity contribution in [3.05, 3.63) is 44.7 Å². The van der Waals surface area contributed by atoms with E-state index in [1.54, 1.807) is 18.2 Å². The van der Waals surface area contributed by atoms with Gasteiger partial charge in [-0.3, -0.25) is 0 Å². The maximum absolute atomic E-state index is 6.14. The van der Waals surface area contributed by atoms with Crippen LogP contribution in [-0.2, 0) is 6.42 Å². The number of rotatable bonds is 2. The quantitative estimate of drug-likeness (QED) is 0.731. The van der Waals surface area contributed by atoms with E-state index in [4.69, 9.17) is 34.8 Å². The SMILES string of the molecule is CCc1nc(-c2ccc(Cl)cc2Cl)nc(Cl)c1C. The lowest BCUT2D eigenvalue weighted by Gasteiger charge is -2.09. The molecule has 2 rings (SSSR count). The lowest BCUT2D eigenvalue weighted by Crippen LogP contribution is -1.99. The normalized spacial score (nSPS) is 10.7. The summed E-state index contributed by atoms with van der Waals surface area (Å²) >= 11 is 18.1. The Kier molecular flexibility index (Phi) is 4.10. The molecule has 1 heterocycles. The molecule has 0 saturated heterocycles. The van der Waals surface area contributed by atoms with Crippen molar-refractivity contribution in [2.75, 3.05) is 0 Å². The van der Waals surface area contributed by atoms with Crippen LogP contribution >= 0.6 is 34.8 Å². The zero-order valence-corrected chi connectivity index (χ0v) is 12.2. The number of aromatic nitrogens is 2. The van der Waals surface area contributed by atoms with Crippen LogP contribution in [0.25, 0.3) is 11.4 Å². The number of aryl methyl sites for hydroxylation is 1. The van der Waals surface area contributed by atoms with E-state index < -0.39 is 0 Å². The molecule has 18 heavy (non-hydrogen) atoms. The van der Waals surface area contributed by atoms with E-state index in [0.29, 0.717) is 21.0 Å². The summed E-state index contributed by atoms with van der Waals surface area (Å²) in [5.74, 6) is 0.532. The van der Waals surface area contributed by atoms with E-state index in [-0.39, 0.29) is 0 Å². The standard InChI is InChI=1S/C13H11Cl3N2/c1-3-11-7(2)12(16)18-13(17-11)9-5-4-8(14)6-10(9)15/h4-6H,3H2,1-2H3. The van der Waals surface area contributed by atoms with E-state index in [0.717, 1.165) is 23.2 Å². The highest BCUT2D eigenvalue weighted by Gasteiger charge is 2.12. The van der Waals surface area contributed by atoms with Crippen molar-refractivity contribution >= 4 is 34.8 Å². The Morgan fingerprint density at radius 2 is 1.83 bits per heavy atom. The monoisotopic (exact) mass is 300 g/mol. The Morgan fingerprint density at radius 3 is 2.44 bits per heavy atom. The fourth-order valence-electron chi connectivity index (χ4n) is 1.67. The first-order valence-corrected chi connectivity index (χ1v) is 6.64. The molecule has 1 aromatic heterocycles. The Morgan fingerprint density at radius 1 is 1.11 bits per heavy atom. The van der Waals surface area contributed by atoms with Gasteiger partial charge in [0.1, 0.15) is 5.15 Å². The summed E-state index contributed by atoms with van der Waals surface area (Å²) in [6, 6.07) is 5.22. The fourth-order valence-corrected chi connectivity index (χ4v) is 2.35. The van der Waals surface area contributed by atoms with Crippen LogP contribution < -0.4 is 0 Å². The van der Waals surface area contributed by atoms with Crippen molar-refractivity contribution in [3.8, 4) is 11.4 Å². The third-order valence-corrected chi connectivity index (χ3v) is 3.61. The molecular formula is C13H11Cl3N2. The lowest BCUT2D eigenvalue weighted by molar-refractivity contribution is 0.977. The smallest absolute Gasteiger partial charge is 0.162 e. The highest BCUT2D eigenvalue weighted by molar-refractivity contribution is 6.36. The van der Waals surface area contributed by atoms with E-state index in [2.05, 4.69) is 9.97 Å². The predicted molar refractivity (Wildman–Crippen MR) is 76.6 cm³/mol. The molecule has 0 radical (unpaired) electrons. The Hall–Kier alpha value is -0.830. The minimum absolute atomic E-state index is 0.461. The summed E-state index contributed by atoms with van der Waals surface area (Å²) < 4.78 is 0. The zero-order chi connectivity index (χ0) is 13.3. The van der Waals surface area contributed by atoms with Gasteiger partial charge in [0.05, 0.1) is 5.02 Å². The van der Waals surface area contributed by atoms with Gasteiger partial charge in [0, 0.05) is 21.8 Å². The summed E-state index contributed by atoms with van der Waals surface area (Å²) in [5, 5.41) is 1.56. The molecule has 0 fully saturated rings. The van der Waals surface area contributed by atoms with Crippen molar-refractivity contribution < 1.29 is 0 Å². The van der Waals surface area contributed by atoms with Crippen LogP contribution in [0.1, 0.15) is 18.2 Å². The van der Waals surface area contributed by atoms with Crippen molar-refractivity contribution in [2.24, 2.45) is 0 Å². The molecule has 0 atom stereocenters. The second kappa shape index (κ2) is 5.43. The average molecular weight is 302 g/mol. The highest BCUT2D eigenvalue weighted by Crippen LogP contribution is 2.30. The molecule has 0 amide bonds. The van der Waals surface area contributed by atoms with Gasteiger partial charge in [0.2, 0.25) is 0 Å². The summed E-state index contributed by atoms with van der Waals surface area (Å²) in [5.41, 5.74) is 2.57. The van der Waals surface area contributed by atoms with Crippen molar-refractivity contribution in [1.29, 1.82) is 0 Å². The summed E-state index contributed by atoms with van der Waals surface area (Å²) in [6.07, 6.45) is 0.798. The molecule has 2 aromatic rings. The molecule has 1 aromatic carbocycles. The van der Waals surface area contributed by atoms with Crippen LogP contribution in [0.3, 0.4) is 0 Å². The maximum Gasteiger partial charge on any atom is 0.162 e. The highest BCUT2D eigenvalue weighted by atomic mass is 35.5. The molecule has 5 heteroatoms. The average Bonchev–Trinajstić information content (AvgIpc) is 2.32. The van der Waals surface area contributed by atoms with Gasteiger partial charge < -0.3 is 0 Å². The van der Waals surface area contributed by atoms with Gasteiger partial charge >= 0.3 is 0 Å². The van der Waals surface area contributed by atoms with Gasteiger partial charge in [0.15, 0.2) is 5.82 Å². The van der Waals surface area contributed by atoms with Crippen LogP contribution in [0.4, 0.5) is 0 Å². The van der Waals surface area contributed by atoms with Crippen molar-refractivity contribution in [3.63, 3.8) is 0 Å². The van der Waals surface area contributed by atoms with E-state index >= 15 is 0 Å². The first-order valence-electron chi connectivity index (χ1n) is 5.51. The van der Waals surface area contributed by atoms with Gasteiger partial charge in [-0.15, -0.1) is 0 Å². The van der Waals surface area contributed by atoms with Gasteiger partial charge in [-0.1, -0.05) is 41.7 Å². The number of nitrogens with zero attached hydrogens (tertiary/aromatic N) is 2. The van der Waals surface area contributed by atoms with Gasteiger partial charge in [-0.2, -0.15) is 0 Å². The van der Waals surface area contributed by atoms with E-state index in [1.807, 2.05) is 13.8 Å². The molecule has 0 saturated carbocycles. The summed E-state index contributed by atoms with van der Waals surface area (Å²) in [4.78, 5) is 8.76. The predicted octanol–water partition coefficient (Wildman–Crippen LogP) is 4.97. The summed E-state index contributed by atoms with van der Waals surface area (Å²) in [7, 11) is 0. The maximum atomic E-state index is 6.14. The number of halogens is 3.